The first kappa shape index (κ1) is 20.0. The molecule has 1 aliphatic carbocycles. The van der Waals surface area contributed by atoms with Crippen LogP contribution in [0.2, 0.25) is 0 Å². The van der Waals surface area contributed by atoms with Crippen molar-refractivity contribution in [2.45, 2.75) is 58.2 Å². The van der Waals surface area contributed by atoms with Gasteiger partial charge in [0.2, 0.25) is 0 Å². The standard InChI is InChI=1S/C27H27NO3/c1-4-16-9-14(3)10-17(5-2)21(16)23-25(29)22-20-12-19(27(31-20)24(22)26(23)30)18-8-6-7-15(11-18)13-28/h6-11,19-20,22,24,27,30H,4-5,12H2,1-3H3/t19?,20?,22-,24+,27?/m0/s1. The van der Waals surface area contributed by atoms with Crippen molar-refractivity contribution in [2.75, 3.05) is 0 Å². The van der Waals surface area contributed by atoms with Crippen molar-refractivity contribution in [3.63, 3.8) is 0 Å². The van der Waals surface area contributed by atoms with Crippen molar-refractivity contribution in [1.82, 2.24) is 0 Å². The number of hydrogen-bond donors (Lipinski definition) is 1. The van der Waals surface area contributed by atoms with Gasteiger partial charge in [0.15, 0.2) is 5.78 Å². The van der Waals surface area contributed by atoms with Crippen molar-refractivity contribution < 1.29 is 14.6 Å². The van der Waals surface area contributed by atoms with Crippen LogP contribution in [-0.4, -0.2) is 23.1 Å². The van der Waals surface area contributed by atoms with Gasteiger partial charge in [0.1, 0.15) is 5.76 Å². The molecule has 4 heteroatoms. The second kappa shape index (κ2) is 7.35. The van der Waals surface area contributed by atoms with Gasteiger partial charge in [0.05, 0.1) is 41.2 Å². The van der Waals surface area contributed by atoms with Crippen LogP contribution in [0.5, 0.6) is 0 Å². The number of ether oxygens (including phenoxy) is 1. The summed E-state index contributed by atoms with van der Waals surface area (Å²) in [6.07, 6.45) is 1.97. The molecule has 0 radical (unpaired) electrons. The van der Waals surface area contributed by atoms with Crippen molar-refractivity contribution >= 4 is 11.4 Å². The fourth-order valence-electron chi connectivity index (χ4n) is 6.09. The van der Waals surface area contributed by atoms with Gasteiger partial charge >= 0.3 is 0 Å². The summed E-state index contributed by atoms with van der Waals surface area (Å²) in [7, 11) is 0. The van der Waals surface area contributed by atoms with Gasteiger partial charge in [-0.05, 0) is 60.6 Å². The summed E-state index contributed by atoms with van der Waals surface area (Å²) in [5.41, 5.74) is 6.57. The van der Waals surface area contributed by atoms with Crippen LogP contribution in [0.4, 0.5) is 0 Å². The molecule has 31 heavy (non-hydrogen) atoms. The van der Waals surface area contributed by atoms with Gasteiger partial charge in [-0.15, -0.1) is 0 Å². The molecule has 4 nitrogen and oxygen atoms in total. The number of benzene rings is 2. The molecule has 3 unspecified atom stereocenters. The molecule has 2 aromatic rings. The molecule has 0 spiro atoms. The van der Waals surface area contributed by atoms with Crippen molar-refractivity contribution in [1.29, 1.82) is 5.26 Å². The molecule has 2 aliphatic heterocycles. The third-order valence-corrected chi connectivity index (χ3v) is 7.38. The van der Waals surface area contributed by atoms with Crippen molar-refractivity contribution in [3.8, 4) is 6.07 Å². The quantitative estimate of drug-likeness (QED) is 0.763. The molecule has 1 N–H and O–H groups in total. The monoisotopic (exact) mass is 413 g/mol. The number of hydrogen-bond acceptors (Lipinski definition) is 4. The first-order valence-electron chi connectivity index (χ1n) is 11.2. The Balaban J connectivity index is 1.59. The summed E-state index contributed by atoms with van der Waals surface area (Å²) in [4.78, 5) is 13.6. The average Bonchev–Trinajstić information content (AvgIpc) is 3.45. The maximum absolute atomic E-state index is 13.6. The smallest absolute Gasteiger partial charge is 0.173 e. The summed E-state index contributed by atoms with van der Waals surface area (Å²) in [6.45, 7) is 6.27. The Bertz CT molecular complexity index is 1130. The predicted octanol–water partition coefficient (Wildman–Crippen LogP) is 5.03. The summed E-state index contributed by atoms with van der Waals surface area (Å²) in [6, 6.07) is 14.1. The van der Waals surface area contributed by atoms with Crippen LogP contribution < -0.4 is 0 Å². The Morgan fingerprint density at radius 3 is 2.48 bits per heavy atom. The zero-order valence-corrected chi connectivity index (χ0v) is 18.2. The maximum atomic E-state index is 13.6. The molecule has 5 rings (SSSR count). The van der Waals surface area contributed by atoms with Crippen LogP contribution >= 0.6 is 0 Å². The fraction of sp³-hybridized carbons (Fsp3) is 0.407. The molecule has 2 bridgehead atoms. The Morgan fingerprint density at radius 2 is 1.84 bits per heavy atom. The molecule has 0 amide bonds. The molecular formula is C27H27NO3. The highest BCUT2D eigenvalue weighted by Crippen LogP contribution is 2.58. The third kappa shape index (κ3) is 2.87. The second-order valence-electron chi connectivity index (χ2n) is 9.06. The molecular weight excluding hydrogens is 386 g/mol. The van der Waals surface area contributed by atoms with Crippen LogP contribution in [0, 0.1) is 30.1 Å². The molecule has 2 aromatic carbocycles. The zero-order chi connectivity index (χ0) is 21.9. The highest BCUT2D eigenvalue weighted by Gasteiger charge is 2.62. The van der Waals surface area contributed by atoms with E-state index in [1.165, 1.54) is 5.56 Å². The average molecular weight is 414 g/mol. The number of ketones is 1. The number of Topliss-reactive ketones (excluding diaryl/α,β-unsaturated/α-hetero) is 1. The number of nitriles is 1. The fourth-order valence-corrected chi connectivity index (χ4v) is 6.09. The number of aliphatic hydroxyl groups excluding tert-OH is 1. The number of aliphatic hydroxyl groups is 1. The molecule has 5 atom stereocenters. The minimum atomic E-state index is -0.300. The number of aryl methyl sites for hydroxylation is 3. The normalized spacial score (nSPS) is 28.8. The first-order chi connectivity index (χ1) is 15.0. The number of fused-ring (bicyclic) bond motifs is 5. The second-order valence-corrected chi connectivity index (χ2v) is 9.06. The lowest BCUT2D eigenvalue weighted by molar-refractivity contribution is -0.118. The third-order valence-electron chi connectivity index (χ3n) is 7.38. The highest BCUT2D eigenvalue weighted by molar-refractivity contribution is 6.26. The number of carbonyl (C=O) groups is 1. The van der Waals surface area contributed by atoms with E-state index >= 15 is 0 Å². The summed E-state index contributed by atoms with van der Waals surface area (Å²) in [5.74, 6) is -0.272. The van der Waals surface area contributed by atoms with Gasteiger partial charge in [-0.3, -0.25) is 4.79 Å². The van der Waals surface area contributed by atoms with E-state index in [2.05, 4.69) is 39.0 Å². The minimum Gasteiger partial charge on any atom is -0.511 e. The van der Waals surface area contributed by atoms with Gasteiger partial charge in [0, 0.05) is 5.92 Å². The summed E-state index contributed by atoms with van der Waals surface area (Å²) < 4.78 is 6.24. The summed E-state index contributed by atoms with van der Waals surface area (Å²) >= 11 is 0. The SMILES string of the molecule is CCc1cc(C)cc(CC)c1C1=C(O)[C@@H]2C3OC(CC3c3cccc(C#N)c3)[C@@H]2C1=O. The van der Waals surface area contributed by atoms with E-state index in [1.807, 2.05) is 18.2 Å². The molecule has 2 saturated heterocycles. The molecule has 0 saturated carbocycles. The van der Waals surface area contributed by atoms with Crippen LogP contribution in [0.25, 0.3) is 5.57 Å². The molecule has 158 valence electrons. The van der Waals surface area contributed by atoms with Crippen LogP contribution in [0.3, 0.4) is 0 Å². The number of rotatable bonds is 4. The van der Waals surface area contributed by atoms with E-state index in [-0.39, 0.29) is 41.5 Å². The topological polar surface area (TPSA) is 70.3 Å². The van der Waals surface area contributed by atoms with E-state index in [9.17, 15) is 15.2 Å². The van der Waals surface area contributed by atoms with Crippen LogP contribution in [-0.2, 0) is 22.4 Å². The van der Waals surface area contributed by atoms with Gasteiger partial charge in [-0.1, -0.05) is 43.7 Å². The largest absolute Gasteiger partial charge is 0.511 e. The highest BCUT2D eigenvalue weighted by atomic mass is 16.5. The maximum Gasteiger partial charge on any atom is 0.173 e. The van der Waals surface area contributed by atoms with E-state index < -0.39 is 0 Å². The van der Waals surface area contributed by atoms with E-state index in [0.717, 1.165) is 41.5 Å². The lowest BCUT2D eigenvalue weighted by Crippen LogP contribution is -2.33. The van der Waals surface area contributed by atoms with Crippen LogP contribution in [0.15, 0.2) is 42.2 Å². The Kier molecular flexibility index (Phi) is 4.75. The first-order valence-corrected chi connectivity index (χ1v) is 11.2. The number of allylic oxidation sites excluding steroid dienone is 1. The lowest BCUT2D eigenvalue weighted by atomic mass is 9.72. The molecule has 0 aromatic heterocycles. The van der Waals surface area contributed by atoms with Gasteiger partial charge in [0.25, 0.3) is 0 Å². The Hall–Kier alpha value is -2.90. The molecule has 2 fully saturated rings. The Morgan fingerprint density at radius 1 is 1.13 bits per heavy atom. The van der Waals surface area contributed by atoms with E-state index in [4.69, 9.17) is 4.74 Å². The van der Waals surface area contributed by atoms with Gasteiger partial charge < -0.3 is 9.84 Å². The number of nitrogens with zero attached hydrogens (tertiary/aromatic N) is 1. The molecule has 2 heterocycles. The van der Waals surface area contributed by atoms with Crippen molar-refractivity contribution in [3.05, 3.63) is 75.5 Å². The van der Waals surface area contributed by atoms with Crippen LogP contribution in [0.1, 0.15) is 59.6 Å². The molecule has 3 aliphatic rings. The van der Waals surface area contributed by atoms with Crippen molar-refractivity contribution in [2.24, 2.45) is 11.8 Å². The minimum absolute atomic E-state index is 0.0347. The number of carbonyl (C=O) groups excluding carboxylic acids is 1. The lowest BCUT2D eigenvalue weighted by Gasteiger charge is -2.27. The zero-order valence-electron chi connectivity index (χ0n) is 18.2. The van der Waals surface area contributed by atoms with Gasteiger partial charge in [-0.2, -0.15) is 5.26 Å². The summed E-state index contributed by atoms with van der Waals surface area (Å²) in [5, 5.41) is 20.7. The van der Waals surface area contributed by atoms with Gasteiger partial charge in [-0.25, -0.2) is 0 Å². The van der Waals surface area contributed by atoms with E-state index in [0.29, 0.717) is 11.1 Å². The Labute approximate surface area is 183 Å². The van der Waals surface area contributed by atoms with E-state index in [1.54, 1.807) is 6.07 Å². The predicted molar refractivity (Wildman–Crippen MR) is 119 cm³/mol.